The van der Waals surface area contributed by atoms with Crippen LogP contribution in [0.3, 0.4) is 0 Å². The molecular weight excluding hydrogens is 274 g/mol. The summed E-state index contributed by atoms with van der Waals surface area (Å²) >= 11 is 0. The first-order valence-electron chi connectivity index (χ1n) is 7.77. The second kappa shape index (κ2) is 5.67. The van der Waals surface area contributed by atoms with Crippen LogP contribution in [0.2, 0.25) is 0 Å². The molecule has 5 nitrogen and oxygen atoms in total. The maximum atomic E-state index is 4.49. The number of aromatic amines is 1. The Hall–Kier alpha value is -2.56. The van der Waals surface area contributed by atoms with E-state index in [1.807, 2.05) is 12.1 Å². The van der Waals surface area contributed by atoms with E-state index < -0.39 is 0 Å². The molecule has 0 spiro atoms. The van der Waals surface area contributed by atoms with Crippen molar-refractivity contribution in [1.29, 1.82) is 0 Å². The highest BCUT2D eigenvalue weighted by Crippen LogP contribution is 2.23. The molecule has 5 heteroatoms. The molecule has 22 heavy (non-hydrogen) atoms. The van der Waals surface area contributed by atoms with E-state index in [-0.39, 0.29) is 0 Å². The van der Waals surface area contributed by atoms with Gasteiger partial charge in [-0.15, -0.1) is 0 Å². The van der Waals surface area contributed by atoms with Crippen molar-refractivity contribution in [3.63, 3.8) is 0 Å². The minimum absolute atomic E-state index is 0.606. The summed E-state index contributed by atoms with van der Waals surface area (Å²) in [5.41, 5.74) is 2.50. The maximum Gasteiger partial charge on any atom is 0.224 e. The summed E-state index contributed by atoms with van der Waals surface area (Å²) in [5, 5.41) is 7.98. The summed E-state index contributed by atoms with van der Waals surface area (Å²) in [6.07, 6.45) is 7.30. The molecule has 1 fully saturated rings. The number of H-pyrrole nitrogens is 1. The van der Waals surface area contributed by atoms with Crippen molar-refractivity contribution >= 4 is 22.7 Å². The lowest BCUT2D eigenvalue weighted by molar-refractivity contribution is 0.985. The van der Waals surface area contributed by atoms with E-state index in [2.05, 4.69) is 50.0 Å². The summed E-state index contributed by atoms with van der Waals surface area (Å²) in [4.78, 5) is 12.1. The van der Waals surface area contributed by atoms with Gasteiger partial charge in [-0.2, -0.15) is 4.98 Å². The number of nitrogens with one attached hydrogen (secondary N) is 3. The highest BCUT2D eigenvalue weighted by atomic mass is 15.1. The van der Waals surface area contributed by atoms with Gasteiger partial charge >= 0.3 is 0 Å². The van der Waals surface area contributed by atoms with Crippen LogP contribution >= 0.6 is 0 Å². The third kappa shape index (κ3) is 2.88. The SMILES string of the molecule is c1ccc2c(CCNc3nccc(NC4CC4)n3)c[nH]c2c1. The van der Waals surface area contributed by atoms with Crippen LogP contribution in [0.4, 0.5) is 11.8 Å². The summed E-state index contributed by atoms with van der Waals surface area (Å²) in [5.74, 6) is 1.59. The lowest BCUT2D eigenvalue weighted by Crippen LogP contribution is -2.10. The molecule has 112 valence electrons. The molecule has 4 rings (SSSR count). The van der Waals surface area contributed by atoms with E-state index in [1.54, 1.807) is 6.20 Å². The first-order valence-corrected chi connectivity index (χ1v) is 7.77. The van der Waals surface area contributed by atoms with Crippen LogP contribution in [0.25, 0.3) is 10.9 Å². The molecule has 3 aromatic rings. The zero-order chi connectivity index (χ0) is 14.8. The van der Waals surface area contributed by atoms with Crippen LogP contribution in [-0.4, -0.2) is 27.5 Å². The Kier molecular flexibility index (Phi) is 3.39. The van der Waals surface area contributed by atoms with Crippen LogP contribution in [0.15, 0.2) is 42.7 Å². The van der Waals surface area contributed by atoms with Gasteiger partial charge in [0.15, 0.2) is 0 Å². The summed E-state index contributed by atoms with van der Waals surface area (Å²) in [6.45, 7) is 0.814. The van der Waals surface area contributed by atoms with Gasteiger partial charge in [0, 0.05) is 35.9 Å². The fourth-order valence-electron chi connectivity index (χ4n) is 2.61. The number of nitrogens with zero attached hydrogens (tertiary/aromatic N) is 2. The maximum absolute atomic E-state index is 4.49. The number of anilines is 2. The average Bonchev–Trinajstić information content (AvgIpc) is 3.26. The second-order valence-corrected chi connectivity index (χ2v) is 5.72. The van der Waals surface area contributed by atoms with E-state index in [0.29, 0.717) is 12.0 Å². The lowest BCUT2D eigenvalue weighted by atomic mass is 10.1. The van der Waals surface area contributed by atoms with E-state index in [9.17, 15) is 0 Å². The quantitative estimate of drug-likeness (QED) is 0.653. The normalized spacial score (nSPS) is 14.2. The van der Waals surface area contributed by atoms with Gasteiger partial charge in [0.2, 0.25) is 5.95 Å². The predicted octanol–water partition coefficient (Wildman–Crippen LogP) is 3.19. The van der Waals surface area contributed by atoms with Crippen molar-refractivity contribution in [2.24, 2.45) is 0 Å². The fourth-order valence-corrected chi connectivity index (χ4v) is 2.61. The first-order chi connectivity index (χ1) is 10.9. The number of para-hydroxylation sites is 1. The van der Waals surface area contributed by atoms with Crippen molar-refractivity contribution in [1.82, 2.24) is 15.0 Å². The van der Waals surface area contributed by atoms with Crippen LogP contribution in [0, 0.1) is 0 Å². The number of hydrogen-bond donors (Lipinski definition) is 3. The monoisotopic (exact) mass is 293 g/mol. The Morgan fingerprint density at radius 1 is 1.18 bits per heavy atom. The molecule has 1 aliphatic carbocycles. The zero-order valence-corrected chi connectivity index (χ0v) is 12.3. The molecule has 0 unspecified atom stereocenters. The number of fused-ring (bicyclic) bond motifs is 1. The van der Waals surface area contributed by atoms with Crippen molar-refractivity contribution < 1.29 is 0 Å². The second-order valence-electron chi connectivity index (χ2n) is 5.72. The minimum Gasteiger partial charge on any atom is -0.367 e. The highest BCUT2D eigenvalue weighted by Gasteiger charge is 2.21. The summed E-state index contributed by atoms with van der Waals surface area (Å²) < 4.78 is 0. The molecule has 0 saturated heterocycles. The standard InChI is InChI=1S/C17H19N5/c1-2-4-15-14(3-1)12(11-20-15)7-9-18-17-19-10-8-16(22-17)21-13-5-6-13/h1-4,8,10-11,13,20H,5-7,9H2,(H2,18,19,21,22). The van der Waals surface area contributed by atoms with Gasteiger partial charge in [0.1, 0.15) is 5.82 Å². The molecule has 1 saturated carbocycles. The molecular formula is C17H19N5. The van der Waals surface area contributed by atoms with Gasteiger partial charge in [0.05, 0.1) is 0 Å². The third-order valence-corrected chi connectivity index (χ3v) is 3.94. The Morgan fingerprint density at radius 3 is 3.00 bits per heavy atom. The lowest BCUT2D eigenvalue weighted by Gasteiger charge is -2.07. The molecule has 3 N–H and O–H groups in total. The molecule has 1 aliphatic rings. The van der Waals surface area contributed by atoms with Crippen LogP contribution < -0.4 is 10.6 Å². The zero-order valence-electron chi connectivity index (χ0n) is 12.3. The molecule has 0 amide bonds. The Bertz CT molecular complexity index is 775. The molecule has 0 atom stereocenters. The number of benzene rings is 1. The van der Waals surface area contributed by atoms with Gasteiger partial charge in [-0.05, 0) is 37.0 Å². The van der Waals surface area contributed by atoms with Crippen LogP contribution in [-0.2, 0) is 6.42 Å². The van der Waals surface area contributed by atoms with Crippen LogP contribution in [0.1, 0.15) is 18.4 Å². The van der Waals surface area contributed by atoms with Crippen molar-refractivity contribution in [2.45, 2.75) is 25.3 Å². The topological polar surface area (TPSA) is 65.6 Å². The number of rotatable bonds is 6. The van der Waals surface area contributed by atoms with Gasteiger partial charge in [-0.3, -0.25) is 0 Å². The van der Waals surface area contributed by atoms with Gasteiger partial charge in [0.25, 0.3) is 0 Å². The first kappa shape index (κ1) is 13.1. The highest BCUT2D eigenvalue weighted by molar-refractivity contribution is 5.83. The molecule has 2 aromatic heterocycles. The van der Waals surface area contributed by atoms with E-state index in [0.717, 1.165) is 18.8 Å². The molecule has 0 radical (unpaired) electrons. The van der Waals surface area contributed by atoms with Crippen molar-refractivity contribution in [2.75, 3.05) is 17.2 Å². The van der Waals surface area contributed by atoms with Crippen LogP contribution in [0.5, 0.6) is 0 Å². The molecule has 0 aliphatic heterocycles. The fraction of sp³-hybridized carbons (Fsp3) is 0.294. The van der Waals surface area contributed by atoms with Crippen molar-refractivity contribution in [3.05, 3.63) is 48.3 Å². The smallest absolute Gasteiger partial charge is 0.224 e. The van der Waals surface area contributed by atoms with Gasteiger partial charge in [-0.1, -0.05) is 18.2 Å². The minimum atomic E-state index is 0.606. The predicted molar refractivity (Wildman–Crippen MR) is 89.2 cm³/mol. The average molecular weight is 293 g/mol. The number of aromatic nitrogens is 3. The van der Waals surface area contributed by atoms with E-state index >= 15 is 0 Å². The van der Waals surface area contributed by atoms with Gasteiger partial charge < -0.3 is 15.6 Å². The largest absolute Gasteiger partial charge is 0.367 e. The Morgan fingerprint density at radius 2 is 2.09 bits per heavy atom. The van der Waals surface area contributed by atoms with E-state index in [4.69, 9.17) is 0 Å². The van der Waals surface area contributed by atoms with E-state index in [1.165, 1.54) is 29.3 Å². The molecule has 1 aromatic carbocycles. The number of hydrogen-bond acceptors (Lipinski definition) is 4. The van der Waals surface area contributed by atoms with Crippen molar-refractivity contribution in [3.8, 4) is 0 Å². The molecule has 0 bridgehead atoms. The Labute approximate surface area is 129 Å². The summed E-state index contributed by atoms with van der Waals surface area (Å²) in [6, 6.07) is 10.9. The summed E-state index contributed by atoms with van der Waals surface area (Å²) in [7, 11) is 0. The molecule has 2 heterocycles. The third-order valence-electron chi connectivity index (χ3n) is 3.94. The Balaban J connectivity index is 1.38. The van der Waals surface area contributed by atoms with Gasteiger partial charge in [-0.25, -0.2) is 4.98 Å².